The number of hydrogen-bond donors (Lipinski definition) is 1. The number of halogens is 3. The Morgan fingerprint density at radius 2 is 2.13 bits per heavy atom. The Labute approximate surface area is 105 Å². The Balaban J connectivity index is 2.21. The van der Waals surface area contributed by atoms with Gasteiger partial charge in [0.1, 0.15) is 0 Å². The lowest BCUT2D eigenvalue weighted by molar-refractivity contribution is -0.120. The highest BCUT2D eigenvalue weighted by molar-refractivity contribution is 6.76. The van der Waals surface area contributed by atoms with Crippen LogP contribution >= 0.6 is 34.8 Å². The standard InChI is InChI=1S/C10H14Cl3NO/c11-10(12,13)9(15)14-7-6-8-4-2-1-3-5-8/h4H,1-3,5-7H2,(H,14,15). The molecular weight excluding hydrogens is 256 g/mol. The summed E-state index contributed by atoms with van der Waals surface area (Å²) in [4.78, 5) is 11.2. The number of amides is 1. The first kappa shape index (κ1) is 13.1. The lowest BCUT2D eigenvalue weighted by Gasteiger charge is -2.14. The highest BCUT2D eigenvalue weighted by Gasteiger charge is 2.29. The van der Waals surface area contributed by atoms with E-state index in [-0.39, 0.29) is 0 Å². The zero-order chi connectivity index (χ0) is 11.3. The van der Waals surface area contributed by atoms with Gasteiger partial charge in [0, 0.05) is 6.54 Å². The van der Waals surface area contributed by atoms with Crippen molar-refractivity contribution in [3.8, 4) is 0 Å². The topological polar surface area (TPSA) is 29.1 Å². The van der Waals surface area contributed by atoms with Gasteiger partial charge in [-0.05, 0) is 32.1 Å². The third kappa shape index (κ3) is 5.10. The van der Waals surface area contributed by atoms with Crippen LogP contribution in [-0.2, 0) is 4.79 Å². The predicted molar refractivity (Wildman–Crippen MR) is 64.5 cm³/mol. The van der Waals surface area contributed by atoms with Crippen molar-refractivity contribution in [3.63, 3.8) is 0 Å². The average Bonchev–Trinajstić information content (AvgIpc) is 2.18. The van der Waals surface area contributed by atoms with Crippen LogP contribution in [0, 0.1) is 0 Å². The maximum absolute atomic E-state index is 11.2. The molecule has 0 saturated heterocycles. The van der Waals surface area contributed by atoms with Gasteiger partial charge in [0.05, 0.1) is 0 Å². The summed E-state index contributed by atoms with van der Waals surface area (Å²) in [6, 6.07) is 0. The monoisotopic (exact) mass is 269 g/mol. The number of rotatable bonds is 3. The van der Waals surface area contributed by atoms with Gasteiger partial charge in [0.15, 0.2) is 0 Å². The molecule has 0 radical (unpaired) electrons. The highest BCUT2D eigenvalue weighted by atomic mass is 35.6. The van der Waals surface area contributed by atoms with Crippen LogP contribution in [0.5, 0.6) is 0 Å². The summed E-state index contributed by atoms with van der Waals surface area (Å²) in [6.45, 7) is 0.540. The Morgan fingerprint density at radius 3 is 2.67 bits per heavy atom. The Morgan fingerprint density at radius 1 is 1.40 bits per heavy atom. The van der Waals surface area contributed by atoms with Crippen LogP contribution < -0.4 is 5.32 Å². The van der Waals surface area contributed by atoms with Gasteiger partial charge >= 0.3 is 0 Å². The van der Waals surface area contributed by atoms with Gasteiger partial charge in [0.2, 0.25) is 0 Å². The molecule has 1 aliphatic carbocycles. The summed E-state index contributed by atoms with van der Waals surface area (Å²) in [5.74, 6) is -0.552. The van der Waals surface area contributed by atoms with Crippen LogP contribution in [0.15, 0.2) is 11.6 Å². The molecule has 0 unspecified atom stereocenters. The van der Waals surface area contributed by atoms with Gasteiger partial charge in [-0.1, -0.05) is 46.5 Å². The Bertz CT molecular complexity index is 258. The van der Waals surface area contributed by atoms with E-state index in [9.17, 15) is 4.79 Å². The smallest absolute Gasteiger partial charge is 0.272 e. The fourth-order valence-corrected chi connectivity index (χ4v) is 1.77. The predicted octanol–water partition coefficient (Wildman–Crippen LogP) is 3.36. The van der Waals surface area contributed by atoms with Crippen LogP contribution in [0.3, 0.4) is 0 Å². The summed E-state index contributed by atoms with van der Waals surface area (Å²) < 4.78 is -1.85. The minimum atomic E-state index is -1.85. The molecule has 0 aromatic heterocycles. The molecule has 0 spiro atoms. The molecule has 1 N–H and O–H groups in total. The summed E-state index contributed by atoms with van der Waals surface area (Å²) in [5, 5.41) is 2.59. The van der Waals surface area contributed by atoms with Crippen molar-refractivity contribution in [3.05, 3.63) is 11.6 Å². The minimum Gasteiger partial charge on any atom is -0.352 e. The first-order valence-electron chi connectivity index (χ1n) is 5.03. The van der Waals surface area contributed by atoms with Gasteiger partial charge in [-0.3, -0.25) is 4.79 Å². The zero-order valence-corrected chi connectivity index (χ0v) is 10.6. The molecule has 0 aliphatic heterocycles. The quantitative estimate of drug-likeness (QED) is 0.618. The summed E-state index contributed by atoms with van der Waals surface area (Å²) in [7, 11) is 0. The maximum Gasteiger partial charge on any atom is 0.272 e. The third-order valence-electron chi connectivity index (χ3n) is 2.37. The molecule has 15 heavy (non-hydrogen) atoms. The van der Waals surface area contributed by atoms with Crippen molar-refractivity contribution in [2.75, 3.05) is 6.54 Å². The first-order valence-corrected chi connectivity index (χ1v) is 6.16. The van der Waals surface area contributed by atoms with Gasteiger partial charge < -0.3 is 5.32 Å². The van der Waals surface area contributed by atoms with E-state index in [2.05, 4.69) is 11.4 Å². The van der Waals surface area contributed by atoms with E-state index < -0.39 is 9.70 Å². The maximum atomic E-state index is 11.2. The lowest BCUT2D eigenvalue weighted by Crippen LogP contribution is -2.35. The van der Waals surface area contributed by atoms with E-state index in [1.807, 2.05) is 0 Å². The van der Waals surface area contributed by atoms with E-state index >= 15 is 0 Å². The molecule has 0 aromatic carbocycles. The minimum absolute atomic E-state index is 0.540. The fourth-order valence-electron chi connectivity index (χ4n) is 1.57. The van der Waals surface area contributed by atoms with Crippen molar-refractivity contribution in [2.24, 2.45) is 0 Å². The van der Waals surface area contributed by atoms with Crippen LogP contribution in [0.1, 0.15) is 32.1 Å². The van der Waals surface area contributed by atoms with Crippen LogP contribution in [-0.4, -0.2) is 16.2 Å². The molecule has 1 rings (SSSR count). The highest BCUT2D eigenvalue weighted by Crippen LogP contribution is 2.26. The van der Waals surface area contributed by atoms with E-state index in [1.54, 1.807) is 0 Å². The number of hydrogen-bond acceptors (Lipinski definition) is 1. The zero-order valence-electron chi connectivity index (χ0n) is 8.36. The number of allylic oxidation sites excluding steroid dienone is 1. The number of carbonyl (C=O) groups is 1. The number of carbonyl (C=O) groups excluding carboxylic acids is 1. The molecule has 1 aliphatic rings. The van der Waals surface area contributed by atoms with Crippen molar-refractivity contribution < 1.29 is 4.79 Å². The molecule has 0 bridgehead atoms. The van der Waals surface area contributed by atoms with Gasteiger partial charge in [0.25, 0.3) is 9.70 Å². The molecule has 0 atom stereocenters. The molecule has 5 heteroatoms. The molecule has 0 fully saturated rings. The van der Waals surface area contributed by atoms with E-state index in [1.165, 1.54) is 18.4 Å². The summed E-state index contributed by atoms with van der Waals surface area (Å²) >= 11 is 16.2. The Hall–Kier alpha value is 0.0800. The number of nitrogens with one attached hydrogen (secondary N) is 1. The largest absolute Gasteiger partial charge is 0.352 e. The SMILES string of the molecule is O=C(NCCC1=CCCCC1)C(Cl)(Cl)Cl. The van der Waals surface area contributed by atoms with E-state index in [0.717, 1.165) is 19.3 Å². The summed E-state index contributed by atoms with van der Waals surface area (Å²) in [6.07, 6.45) is 7.88. The third-order valence-corrected chi connectivity index (χ3v) is 2.89. The lowest BCUT2D eigenvalue weighted by atomic mass is 9.97. The molecule has 2 nitrogen and oxygen atoms in total. The molecule has 0 saturated carbocycles. The van der Waals surface area contributed by atoms with Crippen LogP contribution in [0.25, 0.3) is 0 Å². The molecular formula is C10H14Cl3NO. The fraction of sp³-hybridized carbons (Fsp3) is 0.700. The van der Waals surface area contributed by atoms with Crippen LogP contribution in [0.2, 0.25) is 0 Å². The Kier molecular flexibility index (Phi) is 5.24. The van der Waals surface area contributed by atoms with Gasteiger partial charge in [-0.2, -0.15) is 0 Å². The molecule has 86 valence electrons. The normalized spacial score (nSPS) is 17.1. The molecule has 1 amide bonds. The second-order valence-electron chi connectivity index (χ2n) is 3.61. The second-order valence-corrected chi connectivity index (χ2v) is 5.89. The van der Waals surface area contributed by atoms with Gasteiger partial charge in [-0.25, -0.2) is 0 Å². The van der Waals surface area contributed by atoms with Crippen LogP contribution in [0.4, 0.5) is 0 Å². The number of alkyl halides is 3. The average molecular weight is 271 g/mol. The van der Waals surface area contributed by atoms with Gasteiger partial charge in [-0.15, -0.1) is 0 Å². The molecule has 0 aromatic rings. The second kappa shape index (κ2) is 5.97. The van der Waals surface area contributed by atoms with E-state index in [0.29, 0.717) is 6.54 Å². The van der Waals surface area contributed by atoms with E-state index in [4.69, 9.17) is 34.8 Å². The van der Waals surface area contributed by atoms with Crippen molar-refractivity contribution in [1.82, 2.24) is 5.32 Å². The first-order chi connectivity index (χ1) is 7.00. The van der Waals surface area contributed by atoms with Crippen molar-refractivity contribution in [2.45, 2.75) is 35.9 Å². The van der Waals surface area contributed by atoms with Crippen molar-refractivity contribution >= 4 is 40.7 Å². The molecule has 0 heterocycles. The van der Waals surface area contributed by atoms with Crippen molar-refractivity contribution in [1.29, 1.82) is 0 Å². The summed E-state index contributed by atoms with van der Waals surface area (Å²) in [5.41, 5.74) is 1.39.